The minimum Gasteiger partial charge on any atom is -0.444 e. The molecule has 3 rings (SSSR count). The van der Waals surface area contributed by atoms with Crippen LogP contribution in [0.3, 0.4) is 0 Å². The molecule has 0 aromatic rings. The molecule has 1 N–H and O–H groups in total. The van der Waals surface area contributed by atoms with Gasteiger partial charge < -0.3 is 19.7 Å². The smallest absolute Gasteiger partial charge is 0.410 e. The summed E-state index contributed by atoms with van der Waals surface area (Å²) >= 11 is 0. The number of ether oxygens (including phenoxy) is 2. The molecule has 6 nitrogen and oxygen atoms in total. The van der Waals surface area contributed by atoms with E-state index in [9.17, 15) is 9.59 Å². The summed E-state index contributed by atoms with van der Waals surface area (Å²) in [6.07, 6.45) is 0.585. The van der Waals surface area contributed by atoms with E-state index in [0.29, 0.717) is 32.2 Å². The summed E-state index contributed by atoms with van der Waals surface area (Å²) in [5.41, 5.74) is -1.01. The largest absolute Gasteiger partial charge is 0.444 e. The highest BCUT2D eigenvalue weighted by molar-refractivity contribution is 5.83. The van der Waals surface area contributed by atoms with Crippen molar-refractivity contribution in [1.29, 1.82) is 0 Å². The molecule has 0 saturated carbocycles. The van der Waals surface area contributed by atoms with Crippen LogP contribution in [0.15, 0.2) is 0 Å². The number of carbonyl (C=O) groups excluding carboxylic acids is 2. The van der Waals surface area contributed by atoms with Crippen LogP contribution >= 0.6 is 0 Å². The molecule has 2 amide bonds. The Kier molecular flexibility index (Phi) is 2.97. The maximum absolute atomic E-state index is 12.2. The summed E-state index contributed by atoms with van der Waals surface area (Å²) in [6, 6.07) is 0. The monoisotopic (exact) mass is 282 g/mol. The lowest BCUT2D eigenvalue weighted by molar-refractivity contribution is -0.139. The SMILES string of the molecule is CC(C)(C)OC(=O)N1CC2C(=O)NCC3CCOC32C1. The Hall–Kier alpha value is -1.30. The molecule has 112 valence electrons. The van der Waals surface area contributed by atoms with E-state index in [2.05, 4.69) is 5.32 Å². The van der Waals surface area contributed by atoms with Gasteiger partial charge in [0.1, 0.15) is 11.2 Å². The second-order valence-electron chi connectivity index (χ2n) is 6.95. The summed E-state index contributed by atoms with van der Waals surface area (Å²) in [4.78, 5) is 25.9. The van der Waals surface area contributed by atoms with Gasteiger partial charge >= 0.3 is 6.09 Å². The molecule has 3 atom stereocenters. The zero-order chi connectivity index (χ0) is 14.5. The molecule has 0 aromatic heterocycles. The van der Waals surface area contributed by atoms with Crippen molar-refractivity contribution in [2.45, 2.75) is 38.4 Å². The summed E-state index contributed by atoms with van der Waals surface area (Å²) in [7, 11) is 0. The molecule has 3 heterocycles. The molecule has 0 aromatic carbocycles. The topological polar surface area (TPSA) is 67.9 Å². The van der Waals surface area contributed by atoms with Gasteiger partial charge in [-0.25, -0.2) is 4.79 Å². The number of nitrogens with zero attached hydrogens (tertiary/aromatic N) is 1. The lowest BCUT2D eigenvalue weighted by Gasteiger charge is -2.38. The highest BCUT2D eigenvalue weighted by Gasteiger charge is 2.61. The van der Waals surface area contributed by atoms with Gasteiger partial charge in [-0.2, -0.15) is 0 Å². The molecule has 3 aliphatic heterocycles. The minimum absolute atomic E-state index is 0.00536. The highest BCUT2D eigenvalue weighted by Crippen LogP contribution is 2.45. The van der Waals surface area contributed by atoms with E-state index in [1.165, 1.54) is 0 Å². The summed E-state index contributed by atoms with van der Waals surface area (Å²) in [5.74, 6) is 0.0307. The van der Waals surface area contributed by atoms with Gasteiger partial charge in [0.05, 0.1) is 12.5 Å². The molecule has 0 radical (unpaired) electrons. The molecule has 6 heteroatoms. The van der Waals surface area contributed by atoms with Crippen molar-refractivity contribution in [3.8, 4) is 0 Å². The van der Waals surface area contributed by atoms with Gasteiger partial charge in [-0.3, -0.25) is 4.79 Å². The van der Waals surface area contributed by atoms with Gasteiger partial charge in [0.2, 0.25) is 5.91 Å². The average Bonchev–Trinajstić information content (AvgIpc) is 2.90. The van der Waals surface area contributed by atoms with Crippen molar-refractivity contribution in [1.82, 2.24) is 10.2 Å². The molecular weight excluding hydrogens is 260 g/mol. The van der Waals surface area contributed by atoms with E-state index in [4.69, 9.17) is 9.47 Å². The lowest BCUT2D eigenvalue weighted by atomic mass is 9.76. The standard InChI is InChI=1S/C14H22N2O4/c1-13(2,3)20-12(18)16-7-10-11(17)15-6-9-4-5-19-14(9,10)8-16/h9-10H,4-8H2,1-3H3,(H,15,17). The van der Waals surface area contributed by atoms with Crippen molar-refractivity contribution < 1.29 is 19.1 Å². The molecule has 1 spiro atoms. The first-order chi connectivity index (χ1) is 9.32. The van der Waals surface area contributed by atoms with Crippen molar-refractivity contribution in [3.63, 3.8) is 0 Å². The first-order valence-corrected chi connectivity index (χ1v) is 7.21. The third kappa shape index (κ3) is 2.06. The maximum Gasteiger partial charge on any atom is 0.410 e. The van der Waals surface area contributed by atoms with Gasteiger partial charge in [0, 0.05) is 25.6 Å². The van der Waals surface area contributed by atoms with Gasteiger partial charge in [-0.05, 0) is 27.2 Å². The molecule has 3 unspecified atom stereocenters. The van der Waals surface area contributed by atoms with Gasteiger partial charge in [0.15, 0.2) is 0 Å². The second kappa shape index (κ2) is 4.35. The Bertz CT molecular complexity index is 445. The van der Waals surface area contributed by atoms with E-state index in [1.807, 2.05) is 20.8 Å². The normalized spacial score (nSPS) is 36.4. The van der Waals surface area contributed by atoms with Gasteiger partial charge in [-0.1, -0.05) is 0 Å². The van der Waals surface area contributed by atoms with Crippen LogP contribution in [0.4, 0.5) is 4.79 Å². The fourth-order valence-corrected chi connectivity index (χ4v) is 3.55. The number of piperidine rings is 1. The number of hydrogen-bond donors (Lipinski definition) is 1. The molecule has 0 aliphatic carbocycles. The Balaban J connectivity index is 1.79. The number of carbonyl (C=O) groups is 2. The number of hydrogen-bond acceptors (Lipinski definition) is 4. The van der Waals surface area contributed by atoms with E-state index in [-0.39, 0.29) is 17.9 Å². The van der Waals surface area contributed by atoms with E-state index in [0.717, 1.165) is 6.42 Å². The fraction of sp³-hybridized carbons (Fsp3) is 0.857. The third-order valence-corrected chi connectivity index (χ3v) is 4.45. The van der Waals surface area contributed by atoms with Crippen molar-refractivity contribution in [2.24, 2.45) is 11.8 Å². The number of amides is 2. The van der Waals surface area contributed by atoms with Crippen molar-refractivity contribution in [2.75, 3.05) is 26.2 Å². The summed E-state index contributed by atoms with van der Waals surface area (Å²) in [5, 5.41) is 2.93. The van der Waals surface area contributed by atoms with Crippen LogP contribution in [-0.2, 0) is 14.3 Å². The van der Waals surface area contributed by atoms with Crippen molar-refractivity contribution in [3.05, 3.63) is 0 Å². The van der Waals surface area contributed by atoms with Crippen LogP contribution < -0.4 is 5.32 Å². The zero-order valence-corrected chi connectivity index (χ0v) is 12.3. The molecule has 3 saturated heterocycles. The number of rotatable bonds is 0. The highest BCUT2D eigenvalue weighted by atomic mass is 16.6. The fourth-order valence-electron chi connectivity index (χ4n) is 3.55. The third-order valence-electron chi connectivity index (χ3n) is 4.45. The number of nitrogens with one attached hydrogen (secondary N) is 1. The van der Waals surface area contributed by atoms with Gasteiger partial charge in [-0.15, -0.1) is 0 Å². The van der Waals surface area contributed by atoms with E-state index in [1.54, 1.807) is 4.90 Å². The quantitative estimate of drug-likeness (QED) is 0.712. The predicted octanol–water partition coefficient (Wildman–Crippen LogP) is 0.758. The van der Waals surface area contributed by atoms with Crippen LogP contribution in [-0.4, -0.2) is 54.3 Å². The summed E-state index contributed by atoms with van der Waals surface area (Å²) < 4.78 is 11.3. The Morgan fingerprint density at radius 1 is 1.50 bits per heavy atom. The Morgan fingerprint density at radius 2 is 2.25 bits per heavy atom. The molecule has 20 heavy (non-hydrogen) atoms. The summed E-state index contributed by atoms with van der Waals surface area (Å²) in [6.45, 7) is 7.69. The average molecular weight is 282 g/mol. The van der Waals surface area contributed by atoms with Crippen molar-refractivity contribution >= 4 is 12.0 Å². The first-order valence-electron chi connectivity index (χ1n) is 7.21. The maximum atomic E-state index is 12.2. The van der Waals surface area contributed by atoms with Crippen LogP contribution in [0.2, 0.25) is 0 Å². The predicted molar refractivity (Wildman–Crippen MR) is 71.1 cm³/mol. The molecular formula is C14H22N2O4. The first kappa shape index (κ1) is 13.7. The van der Waals surface area contributed by atoms with Crippen LogP contribution in [0.25, 0.3) is 0 Å². The second-order valence-corrected chi connectivity index (χ2v) is 6.95. The Labute approximate surface area is 118 Å². The van der Waals surface area contributed by atoms with Crippen LogP contribution in [0.5, 0.6) is 0 Å². The lowest BCUT2D eigenvalue weighted by Crippen LogP contribution is -2.57. The molecule has 3 aliphatic rings. The number of likely N-dealkylation sites (tertiary alicyclic amines) is 1. The minimum atomic E-state index is -0.527. The zero-order valence-electron chi connectivity index (χ0n) is 12.3. The van der Waals surface area contributed by atoms with Gasteiger partial charge in [0.25, 0.3) is 0 Å². The molecule has 0 bridgehead atoms. The molecule has 3 fully saturated rings. The Morgan fingerprint density at radius 3 is 2.95 bits per heavy atom. The van der Waals surface area contributed by atoms with Crippen LogP contribution in [0.1, 0.15) is 27.2 Å². The van der Waals surface area contributed by atoms with Crippen LogP contribution in [0, 0.1) is 11.8 Å². The van der Waals surface area contributed by atoms with E-state index >= 15 is 0 Å². The van der Waals surface area contributed by atoms with E-state index < -0.39 is 11.2 Å².